The molecule has 3 N–H and O–H groups in total. The SMILES string of the molecule is C=C(C)C(=O)O.O=S(=O)(O)O.[MgH2]. The summed E-state index contributed by atoms with van der Waals surface area (Å²) in [7, 11) is -4.67. The summed E-state index contributed by atoms with van der Waals surface area (Å²) in [4.78, 5) is 9.60. The van der Waals surface area contributed by atoms with Crippen LogP contribution in [-0.4, -0.2) is 51.7 Å². The topological polar surface area (TPSA) is 112 Å². The zero-order valence-electron chi connectivity index (χ0n) is 5.68. The summed E-state index contributed by atoms with van der Waals surface area (Å²) in [5, 5.41) is 7.89. The van der Waals surface area contributed by atoms with E-state index in [9.17, 15) is 4.79 Å². The molecule has 6 nitrogen and oxygen atoms in total. The molecule has 0 aromatic carbocycles. The normalized spacial score (nSPS) is 8.58. The van der Waals surface area contributed by atoms with Crippen LogP contribution in [0.15, 0.2) is 12.2 Å². The third kappa shape index (κ3) is 52.1. The molecule has 0 aliphatic rings. The Balaban J connectivity index is -0.000000126. The van der Waals surface area contributed by atoms with Gasteiger partial charge in [0.05, 0.1) is 0 Å². The van der Waals surface area contributed by atoms with Crippen LogP contribution in [0.3, 0.4) is 0 Å². The molecular weight excluding hydrogens is 200 g/mol. The molecule has 0 saturated heterocycles. The molecule has 0 aromatic heterocycles. The van der Waals surface area contributed by atoms with Crippen molar-refractivity contribution in [3.05, 3.63) is 12.2 Å². The standard InChI is InChI=1S/C4H6O2.Mg.H2O4S.2H/c1-3(2)4(5)6;;1-5(2,3)4;;/h1H2,2H3,(H,5,6);;(H2,1,2,3,4);;. The molecule has 0 aliphatic carbocycles. The van der Waals surface area contributed by atoms with Crippen LogP contribution in [-0.2, 0) is 15.2 Å². The number of aliphatic carboxylic acids is 1. The van der Waals surface area contributed by atoms with Gasteiger partial charge in [-0.2, -0.15) is 8.42 Å². The molecule has 8 heteroatoms. The third-order valence-corrected chi connectivity index (χ3v) is 0.365. The van der Waals surface area contributed by atoms with E-state index >= 15 is 0 Å². The smallest absolute Gasteiger partial charge is 0.394 e. The van der Waals surface area contributed by atoms with Crippen molar-refractivity contribution in [2.24, 2.45) is 0 Å². The van der Waals surface area contributed by atoms with E-state index < -0.39 is 16.4 Å². The molecule has 0 aromatic rings. The van der Waals surface area contributed by atoms with Gasteiger partial charge in [0.15, 0.2) is 0 Å². The number of carbonyl (C=O) groups is 1. The average Bonchev–Trinajstić information content (AvgIpc) is 1.59. The largest absolute Gasteiger partial charge is 0.478 e. The Kier molecular flexibility index (Phi) is 11.1. The minimum Gasteiger partial charge on any atom is -0.478 e. The van der Waals surface area contributed by atoms with Crippen LogP contribution in [0, 0.1) is 0 Å². The van der Waals surface area contributed by atoms with Gasteiger partial charge in [0, 0.05) is 5.57 Å². The Hall–Kier alpha value is -0.154. The van der Waals surface area contributed by atoms with E-state index in [1.807, 2.05) is 0 Å². The van der Waals surface area contributed by atoms with E-state index in [0.29, 0.717) is 0 Å². The fourth-order valence-corrected chi connectivity index (χ4v) is 0. The summed E-state index contributed by atoms with van der Waals surface area (Å²) in [6.45, 7) is 4.60. The summed E-state index contributed by atoms with van der Waals surface area (Å²) in [6.07, 6.45) is 0. The highest BCUT2D eigenvalue weighted by Gasteiger charge is 1.90. The highest BCUT2D eigenvalue weighted by atomic mass is 32.3. The summed E-state index contributed by atoms with van der Waals surface area (Å²) >= 11 is 0. The number of rotatable bonds is 1. The summed E-state index contributed by atoms with van der Waals surface area (Å²) < 4.78 is 31.6. The zero-order valence-corrected chi connectivity index (χ0v) is 6.50. The van der Waals surface area contributed by atoms with Crippen molar-refractivity contribution in [1.29, 1.82) is 0 Å². The molecule has 0 radical (unpaired) electrons. The first-order valence-electron chi connectivity index (χ1n) is 2.23. The zero-order chi connectivity index (χ0) is 9.65. The molecule has 0 bridgehead atoms. The first-order chi connectivity index (χ1) is 4.64. The van der Waals surface area contributed by atoms with E-state index in [-0.39, 0.29) is 28.6 Å². The van der Waals surface area contributed by atoms with Crippen molar-refractivity contribution < 1.29 is 27.4 Å². The van der Waals surface area contributed by atoms with Crippen molar-refractivity contribution in [1.82, 2.24) is 0 Å². The second-order valence-electron chi connectivity index (χ2n) is 1.53. The molecule has 0 unspecified atom stereocenters. The van der Waals surface area contributed by atoms with Gasteiger partial charge >= 0.3 is 39.4 Å². The molecular formula is C4H10MgO6S. The van der Waals surface area contributed by atoms with Gasteiger partial charge in [-0.05, 0) is 6.92 Å². The van der Waals surface area contributed by atoms with Gasteiger partial charge in [0.2, 0.25) is 0 Å². The van der Waals surface area contributed by atoms with Gasteiger partial charge in [0.1, 0.15) is 0 Å². The van der Waals surface area contributed by atoms with Crippen LogP contribution in [0.4, 0.5) is 0 Å². The van der Waals surface area contributed by atoms with Crippen LogP contribution >= 0.6 is 0 Å². The minimum absolute atomic E-state index is 0. The highest BCUT2D eigenvalue weighted by molar-refractivity contribution is 7.79. The number of carboxylic acid groups (broad SMARTS) is 1. The minimum atomic E-state index is -4.67. The van der Waals surface area contributed by atoms with Crippen LogP contribution in [0.25, 0.3) is 0 Å². The maximum atomic E-state index is 9.60. The second kappa shape index (κ2) is 7.49. The molecule has 0 amide bonds. The maximum Gasteiger partial charge on any atom is 0.394 e. The van der Waals surface area contributed by atoms with E-state index in [1.54, 1.807) is 0 Å². The van der Waals surface area contributed by atoms with E-state index in [2.05, 4.69) is 6.58 Å². The average molecular weight is 210 g/mol. The lowest BCUT2D eigenvalue weighted by Gasteiger charge is -1.79. The first-order valence-corrected chi connectivity index (χ1v) is 3.63. The van der Waals surface area contributed by atoms with E-state index in [0.717, 1.165) is 0 Å². The predicted octanol–water partition coefficient (Wildman–Crippen LogP) is -0.922. The lowest BCUT2D eigenvalue weighted by molar-refractivity contribution is -0.132. The Morgan fingerprint density at radius 3 is 1.42 bits per heavy atom. The molecule has 12 heavy (non-hydrogen) atoms. The monoisotopic (exact) mass is 210 g/mol. The van der Waals surface area contributed by atoms with Crippen molar-refractivity contribution in [2.75, 3.05) is 0 Å². The van der Waals surface area contributed by atoms with Crippen LogP contribution in [0.1, 0.15) is 6.92 Å². The highest BCUT2D eigenvalue weighted by Crippen LogP contribution is 1.81. The first kappa shape index (κ1) is 17.8. The Labute approximate surface area is 86.0 Å². The fourth-order valence-electron chi connectivity index (χ4n) is 0. The Morgan fingerprint density at radius 2 is 1.42 bits per heavy atom. The van der Waals surface area contributed by atoms with Crippen LogP contribution in [0.5, 0.6) is 0 Å². The van der Waals surface area contributed by atoms with Crippen molar-refractivity contribution in [3.63, 3.8) is 0 Å². The molecule has 0 atom stereocenters. The Bertz CT molecular complexity index is 222. The number of carboxylic acids is 1. The van der Waals surface area contributed by atoms with Gasteiger partial charge in [-0.3, -0.25) is 9.11 Å². The predicted molar refractivity (Wildman–Crippen MR) is 45.2 cm³/mol. The maximum absolute atomic E-state index is 9.60. The molecule has 0 heterocycles. The van der Waals surface area contributed by atoms with Crippen molar-refractivity contribution >= 4 is 39.4 Å². The molecule has 0 rings (SSSR count). The van der Waals surface area contributed by atoms with Gasteiger partial charge in [-0.1, -0.05) is 6.58 Å². The second-order valence-corrected chi connectivity index (χ2v) is 2.43. The third-order valence-electron chi connectivity index (χ3n) is 0.365. The van der Waals surface area contributed by atoms with Crippen LogP contribution in [0.2, 0.25) is 0 Å². The number of hydrogen-bond acceptors (Lipinski definition) is 3. The molecule has 0 fully saturated rings. The molecule has 0 aliphatic heterocycles. The fraction of sp³-hybridized carbons (Fsp3) is 0.250. The van der Waals surface area contributed by atoms with E-state index in [4.69, 9.17) is 22.6 Å². The lowest BCUT2D eigenvalue weighted by Crippen LogP contribution is -1.92. The van der Waals surface area contributed by atoms with Crippen LogP contribution < -0.4 is 0 Å². The van der Waals surface area contributed by atoms with Crippen molar-refractivity contribution in [3.8, 4) is 0 Å². The summed E-state index contributed by atoms with van der Waals surface area (Å²) in [5.41, 5.74) is 0.176. The van der Waals surface area contributed by atoms with Gasteiger partial charge in [0.25, 0.3) is 0 Å². The molecule has 0 spiro atoms. The van der Waals surface area contributed by atoms with Gasteiger partial charge in [-0.25, -0.2) is 4.79 Å². The van der Waals surface area contributed by atoms with Gasteiger partial charge < -0.3 is 5.11 Å². The summed E-state index contributed by atoms with van der Waals surface area (Å²) in [5.74, 6) is -0.935. The van der Waals surface area contributed by atoms with Gasteiger partial charge in [-0.15, -0.1) is 0 Å². The quantitative estimate of drug-likeness (QED) is 0.293. The molecule has 70 valence electrons. The van der Waals surface area contributed by atoms with E-state index in [1.165, 1.54) is 6.92 Å². The van der Waals surface area contributed by atoms with Crippen molar-refractivity contribution in [2.45, 2.75) is 6.92 Å². The number of hydrogen-bond donors (Lipinski definition) is 3. The molecule has 0 saturated carbocycles. The Morgan fingerprint density at radius 1 is 1.33 bits per heavy atom. The summed E-state index contributed by atoms with van der Waals surface area (Å²) in [6, 6.07) is 0. The lowest BCUT2D eigenvalue weighted by atomic mass is 10.4.